The van der Waals surface area contributed by atoms with Gasteiger partial charge in [0.05, 0.1) is 54.6 Å². The predicted octanol–water partition coefficient (Wildman–Crippen LogP) is 16.4. The van der Waals surface area contributed by atoms with E-state index in [0.29, 0.717) is 70.5 Å². The average Bonchev–Trinajstić information content (AvgIpc) is 1.60. The van der Waals surface area contributed by atoms with Crippen molar-refractivity contribution in [3.63, 3.8) is 0 Å². The normalized spacial score (nSPS) is 17.0. The first-order valence-electron chi connectivity index (χ1n) is 44.0. The number of amides is 3. The van der Waals surface area contributed by atoms with Gasteiger partial charge in [0.15, 0.2) is 23.3 Å². The van der Waals surface area contributed by atoms with Gasteiger partial charge in [-0.1, -0.05) is 120 Å². The summed E-state index contributed by atoms with van der Waals surface area (Å²) < 4.78 is 45.8. The number of halogens is 5. The SMILES string of the molecule is Cc1nnc2n1-c1ccccc1C(c1ccccc1)=N[C@H]2CC(=O)OC(C)(C)C.Cc1sc2c(c1C)C(c1ccc(Cl)cc1)=NC(CNC(=O)CCCN1CCN(C)CC1)c1nnc(C)n1-2.Cc1sc2c(c1C)C(c1ccc(Cl)cc1)=N[C@@H](CC(=O)NCCN1CCOCC1)c1nnc(C)n1-2.Cc1sc2c(c1C)C(c1ccc(Cl)cc1)=N[C@@H](CNC(=O)C(C)(F)F)c1nnc(C)n1-2. The monoisotopic (exact) mass is 1900 g/mol. The maximum atomic E-state index is 13.4. The van der Waals surface area contributed by atoms with Crippen LogP contribution in [0.3, 0.4) is 0 Å². The van der Waals surface area contributed by atoms with E-state index in [4.69, 9.17) is 64.2 Å². The van der Waals surface area contributed by atoms with Crippen LogP contribution in [0.2, 0.25) is 15.1 Å². The maximum Gasteiger partial charge on any atom is 0.321 e. The number of esters is 1. The minimum absolute atomic E-state index is 0.0474. The average molecular weight is 1910 g/mol. The van der Waals surface area contributed by atoms with E-state index in [1.165, 1.54) is 20.9 Å². The lowest BCUT2D eigenvalue weighted by Gasteiger charge is -2.32. The molecule has 13 heterocycles. The molecule has 28 nitrogen and oxygen atoms in total. The molecule has 12 aromatic rings. The molecule has 6 aliphatic heterocycles. The van der Waals surface area contributed by atoms with Gasteiger partial charge in [0.2, 0.25) is 11.8 Å². The van der Waals surface area contributed by atoms with Crippen molar-refractivity contribution in [1.82, 2.24) is 89.7 Å². The molecule has 690 valence electrons. The highest BCUT2D eigenvalue weighted by molar-refractivity contribution is 7.16. The summed E-state index contributed by atoms with van der Waals surface area (Å²) in [6.07, 6.45) is 1.65. The van der Waals surface area contributed by atoms with Crippen LogP contribution < -0.4 is 16.0 Å². The fourth-order valence-corrected chi connectivity index (χ4v) is 20.6. The fraction of sp³-hybridized carbons (Fsp3) is 0.396. The third-order valence-electron chi connectivity index (χ3n) is 23.8. The molecule has 0 saturated carbocycles. The number of thiophene rings is 3. The molecule has 132 heavy (non-hydrogen) atoms. The third kappa shape index (κ3) is 21.6. The Balaban J connectivity index is 0.000000135. The molecule has 18 rings (SSSR count). The van der Waals surface area contributed by atoms with Crippen LogP contribution >= 0.6 is 68.8 Å². The highest BCUT2D eigenvalue weighted by atomic mass is 35.5. The summed E-state index contributed by atoms with van der Waals surface area (Å²) in [6.45, 7) is 36.6. The number of ether oxygens (including phenoxy) is 2. The van der Waals surface area contributed by atoms with Crippen molar-refractivity contribution >= 4 is 115 Å². The van der Waals surface area contributed by atoms with E-state index in [-0.39, 0.29) is 43.2 Å². The molecule has 36 heteroatoms. The molecule has 3 N–H and O–H groups in total. The first-order chi connectivity index (χ1) is 63.1. The number of aliphatic imine (C=N–C) groups is 4. The van der Waals surface area contributed by atoms with Crippen molar-refractivity contribution < 1.29 is 37.4 Å². The van der Waals surface area contributed by atoms with Crippen LogP contribution in [0.4, 0.5) is 8.78 Å². The van der Waals surface area contributed by atoms with E-state index in [2.05, 4.69) is 115 Å². The van der Waals surface area contributed by atoms with E-state index in [9.17, 15) is 28.0 Å². The molecule has 4 atom stereocenters. The Morgan fingerprint density at radius 2 is 0.841 bits per heavy atom. The Bertz CT molecular complexity index is 6360. The second kappa shape index (κ2) is 41.2. The van der Waals surface area contributed by atoms with Gasteiger partial charge in [0.1, 0.15) is 68.1 Å². The molecule has 0 spiro atoms. The van der Waals surface area contributed by atoms with Crippen molar-refractivity contribution in [3.8, 4) is 20.7 Å². The van der Waals surface area contributed by atoms with E-state index in [1.54, 1.807) is 46.1 Å². The van der Waals surface area contributed by atoms with Crippen LogP contribution in [0.5, 0.6) is 0 Å². The Morgan fingerprint density at radius 3 is 1.30 bits per heavy atom. The summed E-state index contributed by atoms with van der Waals surface area (Å²) in [5, 5.41) is 48.3. The van der Waals surface area contributed by atoms with Crippen molar-refractivity contribution in [3.05, 3.63) is 265 Å². The summed E-state index contributed by atoms with van der Waals surface area (Å²) in [5.74, 6) is 0.438. The molecule has 0 bridgehead atoms. The highest BCUT2D eigenvalue weighted by Gasteiger charge is 2.39. The molecule has 1 unspecified atom stereocenters. The van der Waals surface area contributed by atoms with Crippen molar-refractivity contribution in [2.75, 3.05) is 92.3 Å². The Morgan fingerprint density at radius 1 is 0.447 bits per heavy atom. The number of piperazine rings is 1. The lowest BCUT2D eigenvalue weighted by atomic mass is 9.99. The predicted molar refractivity (Wildman–Crippen MR) is 516 cm³/mol. The van der Waals surface area contributed by atoms with Crippen LogP contribution in [0, 0.1) is 69.2 Å². The van der Waals surface area contributed by atoms with Crippen LogP contribution in [-0.2, 0) is 28.7 Å². The maximum absolute atomic E-state index is 13.4. The number of nitrogens with zero attached hydrogens (tertiary/aromatic N) is 19. The Hall–Kier alpha value is -11.1. The molecular formula is C96H107Cl3F2N22O6S3. The number of likely N-dealkylation sites (N-methyl/N-ethyl adjacent to an activating group) is 1. The highest BCUT2D eigenvalue weighted by Crippen LogP contribution is 2.44. The summed E-state index contributed by atoms with van der Waals surface area (Å²) >= 11 is 23.5. The van der Waals surface area contributed by atoms with E-state index < -0.39 is 35.6 Å². The number of rotatable bonds is 20. The number of fused-ring (bicyclic) bond motifs is 12. The van der Waals surface area contributed by atoms with Crippen molar-refractivity contribution in [2.45, 2.75) is 158 Å². The van der Waals surface area contributed by atoms with E-state index in [0.717, 1.165) is 188 Å². The van der Waals surface area contributed by atoms with Crippen LogP contribution in [0.1, 0.15) is 200 Å². The van der Waals surface area contributed by atoms with Gasteiger partial charge >= 0.3 is 11.9 Å². The van der Waals surface area contributed by atoms with Gasteiger partial charge in [-0.25, -0.2) is 0 Å². The number of para-hydroxylation sites is 1. The zero-order valence-corrected chi connectivity index (χ0v) is 81.2. The van der Waals surface area contributed by atoms with Crippen LogP contribution in [0.15, 0.2) is 147 Å². The lowest BCUT2D eigenvalue weighted by molar-refractivity contribution is -0.155. The quantitative estimate of drug-likeness (QED) is 0.0597. The molecule has 0 radical (unpaired) electrons. The summed E-state index contributed by atoms with van der Waals surface area (Å²) in [4.78, 5) is 81.2. The van der Waals surface area contributed by atoms with Gasteiger partial charge in [0, 0.05) is 153 Å². The van der Waals surface area contributed by atoms with Gasteiger partial charge in [-0.3, -0.25) is 62.3 Å². The second-order valence-electron chi connectivity index (χ2n) is 34.5. The summed E-state index contributed by atoms with van der Waals surface area (Å²) in [6, 6.07) is 38.8. The van der Waals surface area contributed by atoms with Gasteiger partial charge in [-0.05, 0) is 169 Å². The van der Waals surface area contributed by atoms with E-state index >= 15 is 0 Å². The molecule has 7 aromatic heterocycles. The molecule has 3 amide bonds. The van der Waals surface area contributed by atoms with Crippen molar-refractivity contribution in [2.24, 2.45) is 20.0 Å². The standard InChI is InChI=1S/C27H34ClN7OS.C25H29ClN6O2S.C23H24N4O2.C21H20ClF2N5OS/c1-17-18(2)37-27-24(17)25(20-7-9-21(28)10-8-20)30-22(26-32-31-19(3)35(26)27)16-29-23(36)6-5-11-34-14-12-33(4)13-15-34;1-15-16(2)35-25-22(15)23(18-4-6-19(26)7-5-18)28-20(24-30-29-17(3)32(24)25)14-21(33)27-8-9-31-10-12-34-13-11-31;1-15-25-26-22-18(14-20(28)29-23(2,3)4)24-21(16-10-6-5-7-11-16)17-12-8-9-13-19(17)27(15)22;1-10-11(2)31-19-16(10)17(13-5-7-14(22)8-6-13)26-15(9-25-20(30)21(4,23)24)18-28-27-12(3)29(18)19/h7-10,22H,5-6,11-16H2,1-4H3,(H,29,36);4-7,20H,8-14H2,1-3H3,(H,27,33);5-13,18H,14H2,1-4H3;5-8,15H,9H2,1-4H3,(H,25,30)/t;20-;18-;15-/m.000/s1. The second-order valence-corrected chi connectivity index (χ2v) is 39.4. The number of carbonyl (C=O) groups excluding carboxylic acids is 4. The number of hydrogen-bond donors (Lipinski definition) is 3. The number of aryl methyl sites for hydroxylation is 7. The smallest absolute Gasteiger partial charge is 0.321 e. The summed E-state index contributed by atoms with van der Waals surface area (Å²) in [5.41, 5.74) is 15.0. The van der Waals surface area contributed by atoms with Gasteiger partial charge in [0.25, 0.3) is 5.91 Å². The third-order valence-corrected chi connectivity index (χ3v) is 28.1. The molecule has 0 aliphatic carbocycles. The molecule has 2 fully saturated rings. The Labute approximate surface area is 793 Å². The molecular weight excluding hydrogens is 1800 g/mol. The molecule has 5 aromatic carbocycles. The van der Waals surface area contributed by atoms with Crippen LogP contribution in [-0.4, -0.2) is 224 Å². The molecule has 6 aliphatic rings. The minimum Gasteiger partial charge on any atom is -0.460 e. The van der Waals surface area contributed by atoms with Crippen molar-refractivity contribution in [1.29, 1.82) is 0 Å². The number of nitrogens with one attached hydrogen (secondary N) is 3. The topological polar surface area (TPSA) is 305 Å². The zero-order chi connectivity index (χ0) is 93.7. The fourth-order valence-electron chi connectivity index (χ4n) is 16.5. The lowest BCUT2D eigenvalue weighted by Crippen LogP contribution is -2.44. The molecule has 2 saturated heterocycles. The largest absolute Gasteiger partial charge is 0.460 e. The first kappa shape index (κ1) is 95.5. The van der Waals surface area contributed by atoms with Gasteiger partial charge < -0.3 is 35.2 Å². The van der Waals surface area contributed by atoms with Crippen LogP contribution in [0.25, 0.3) is 20.7 Å². The van der Waals surface area contributed by atoms with Gasteiger partial charge in [-0.15, -0.1) is 74.8 Å². The van der Waals surface area contributed by atoms with Gasteiger partial charge in [-0.2, -0.15) is 8.78 Å². The number of carbonyl (C=O) groups is 4. The number of hydrogen-bond acceptors (Lipinski definition) is 24. The number of alkyl halides is 2. The van der Waals surface area contributed by atoms with E-state index in [1.807, 2.05) is 187 Å². The number of morpholine rings is 1. The Kier molecular flexibility index (Phi) is 29.8. The summed E-state index contributed by atoms with van der Waals surface area (Å²) in [7, 11) is 2.16. The number of aromatic nitrogens is 12. The first-order valence-corrected chi connectivity index (χ1v) is 47.6. The number of benzene rings is 5. The zero-order valence-electron chi connectivity index (χ0n) is 76.5. The minimum atomic E-state index is -3.48.